The molecule has 0 amide bonds. The molecule has 0 fully saturated rings. The normalized spacial score (nSPS) is 11.7. The average Bonchev–Trinajstić information content (AvgIpc) is 2.79. The number of benzene rings is 3. The van der Waals surface area contributed by atoms with Crippen molar-refractivity contribution < 1.29 is 9.22 Å². The van der Waals surface area contributed by atoms with Gasteiger partial charge in [-0.3, -0.25) is 0 Å². The van der Waals surface area contributed by atoms with Gasteiger partial charge in [-0.05, 0) is 37.1 Å². The maximum Gasteiger partial charge on any atom is 0.137 e. The zero-order chi connectivity index (χ0) is 20.4. The van der Waals surface area contributed by atoms with Gasteiger partial charge in [0.2, 0.25) is 0 Å². The Bertz CT molecular complexity index is 865. The summed E-state index contributed by atoms with van der Waals surface area (Å²) >= 11 is 0. The molecule has 2 heteroatoms. The van der Waals surface area contributed by atoms with Gasteiger partial charge < -0.3 is 9.22 Å². The Labute approximate surface area is 175 Å². The van der Waals surface area contributed by atoms with Gasteiger partial charge in [0.05, 0.1) is 13.1 Å². The van der Waals surface area contributed by atoms with E-state index in [2.05, 4.69) is 105 Å². The molecule has 2 nitrogen and oxygen atoms in total. The first kappa shape index (κ1) is 20.9. The molecule has 0 heterocycles. The molecule has 150 valence electrons. The fourth-order valence-electron chi connectivity index (χ4n) is 3.60. The molecule has 0 N–H and O–H groups in total. The second-order valence-electron chi connectivity index (χ2n) is 7.50. The van der Waals surface area contributed by atoms with Crippen molar-refractivity contribution in [2.45, 2.75) is 20.4 Å². The lowest BCUT2D eigenvalue weighted by Gasteiger charge is -2.37. The third kappa shape index (κ3) is 6.33. The second-order valence-corrected chi connectivity index (χ2v) is 7.50. The van der Waals surface area contributed by atoms with Gasteiger partial charge in [-0.1, -0.05) is 84.9 Å². The van der Waals surface area contributed by atoms with Crippen LogP contribution in [-0.4, -0.2) is 30.7 Å². The van der Waals surface area contributed by atoms with Crippen LogP contribution in [0.1, 0.15) is 30.5 Å². The number of quaternary nitrogens is 1. The predicted octanol–water partition coefficient (Wildman–Crippen LogP) is 6.29. The first-order valence-electron chi connectivity index (χ1n) is 10.6. The van der Waals surface area contributed by atoms with Crippen LogP contribution in [0.5, 0.6) is 5.75 Å². The lowest BCUT2D eigenvalue weighted by atomic mass is 10.1. The molecule has 0 saturated heterocycles. The van der Waals surface area contributed by atoms with E-state index < -0.39 is 0 Å². The van der Waals surface area contributed by atoms with Crippen molar-refractivity contribution in [3.63, 3.8) is 0 Å². The van der Waals surface area contributed by atoms with Gasteiger partial charge in [-0.25, -0.2) is 0 Å². The molecule has 0 aliphatic heterocycles. The van der Waals surface area contributed by atoms with Gasteiger partial charge in [0.15, 0.2) is 0 Å². The summed E-state index contributed by atoms with van der Waals surface area (Å²) in [6.07, 6.45) is 4.27. The lowest BCUT2D eigenvalue weighted by molar-refractivity contribution is -0.937. The maximum absolute atomic E-state index is 6.08. The number of likely N-dealkylation sites (N-methyl/N-ethyl adjacent to an activating group) is 1. The van der Waals surface area contributed by atoms with Crippen LogP contribution in [-0.2, 0) is 6.54 Å². The van der Waals surface area contributed by atoms with Gasteiger partial charge >= 0.3 is 0 Å². The molecule has 0 aliphatic rings. The highest BCUT2D eigenvalue weighted by atomic mass is 16.5. The van der Waals surface area contributed by atoms with Crippen LogP contribution in [0.25, 0.3) is 12.2 Å². The van der Waals surface area contributed by atoms with Gasteiger partial charge in [0.25, 0.3) is 0 Å². The molecule has 0 spiro atoms. The highest BCUT2D eigenvalue weighted by molar-refractivity contribution is 5.69. The summed E-state index contributed by atoms with van der Waals surface area (Å²) in [4.78, 5) is 0. The molecule has 29 heavy (non-hydrogen) atoms. The van der Waals surface area contributed by atoms with Crippen molar-refractivity contribution in [2.24, 2.45) is 0 Å². The van der Waals surface area contributed by atoms with E-state index in [0.717, 1.165) is 43.0 Å². The lowest BCUT2D eigenvalue weighted by Crippen LogP contribution is -2.49. The number of nitrogens with zero attached hydrogens (tertiary/aromatic N) is 1. The van der Waals surface area contributed by atoms with Crippen molar-refractivity contribution in [3.8, 4) is 5.75 Å². The van der Waals surface area contributed by atoms with Crippen molar-refractivity contribution in [1.29, 1.82) is 0 Å². The summed E-state index contributed by atoms with van der Waals surface area (Å²) < 4.78 is 7.12. The Morgan fingerprint density at radius 3 is 1.83 bits per heavy atom. The van der Waals surface area contributed by atoms with Crippen molar-refractivity contribution in [2.75, 3.05) is 26.2 Å². The van der Waals surface area contributed by atoms with Crippen molar-refractivity contribution >= 4 is 12.2 Å². The molecule has 0 saturated carbocycles. The highest BCUT2D eigenvalue weighted by Crippen LogP contribution is 2.17. The van der Waals surface area contributed by atoms with E-state index >= 15 is 0 Å². The van der Waals surface area contributed by atoms with Crippen LogP contribution in [0.2, 0.25) is 0 Å². The largest absolute Gasteiger partial charge is 0.488 e. The molecule has 3 aromatic rings. The first-order valence-corrected chi connectivity index (χ1v) is 10.6. The summed E-state index contributed by atoms with van der Waals surface area (Å²) in [6, 6.07) is 29.5. The molecular weight excluding hydrogens is 354 g/mol. The molecule has 0 radical (unpaired) electrons. The SMILES string of the molecule is CC[N+](CC)(CCOc1ccc(/C=C/c2ccccc2)cc1)Cc1ccccc1. The average molecular weight is 387 g/mol. The summed E-state index contributed by atoms with van der Waals surface area (Å²) in [5.74, 6) is 0.937. The molecule has 0 unspecified atom stereocenters. The Morgan fingerprint density at radius 2 is 1.24 bits per heavy atom. The summed E-state index contributed by atoms with van der Waals surface area (Å²) in [5.41, 5.74) is 3.78. The standard InChI is InChI=1S/C27H32NO/c1-3-28(4-2,23-26-13-9-6-10-14-26)21-22-29-27-19-17-25(18-20-27)16-15-24-11-7-5-8-12-24/h5-20H,3-4,21-23H2,1-2H3/q+1/b16-15+. The molecule has 0 bridgehead atoms. The molecule has 0 aliphatic carbocycles. The number of ether oxygens (including phenoxy) is 1. The summed E-state index contributed by atoms with van der Waals surface area (Å²) in [7, 11) is 0. The topological polar surface area (TPSA) is 9.23 Å². The minimum atomic E-state index is 0.730. The molecule has 3 aromatic carbocycles. The van der Waals surface area contributed by atoms with E-state index in [1.807, 2.05) is 6.07 Å². The summed E-state index contributed by atoms with van der Waals surface area (Å²) in [5, 5.41) is 0. The van der Waals surface area contributed by atoms with E-state index in [0.29, 0.717) is 0 Å². The quantitative estimate of drug-likeness (QED) is 0.294. The summed E-state index contributed by atoms with van der Waals surface area (Å²) in [6.45, 7) is 9.57. The van der Waals surface area contributed by atoms with E-state index in [1.165, 1.54) is 16.7 Å². The molecule has 0 aromatic heterocycles. The van der Waals surface area contributed by atoms with Gasteiger partial charge in [0, 0.05) is 5.56 Å². The van der Waals surface area contributed by atoms with Gasteiger partial charge in [-0.15, -0.1) is 0 Å². The van der Waals surface area contributed by atoms with Gasteiger partial charge in [-0.2, -0.15) is 0 Å². The minimum absolute atomic E-state index is 0.730. The third-order valence-electron chi connectivity index (χ3n) is 5.68. The van der Waals surface area contributed by atoms with E-state index in [-0.39, 0.29) is 0 Å². The van der Waals surface area contributed by atoms with Crippen LogP contribution in [0.3, 0.4) is 0 Å². The van der Waals surface area contributed by atoms with E-state index in [1.54, 1.807) is 0 Å². The second kappa shape index (κ2) is 10.6. The van der Waals surface area contributed by atoms with Crippen LogP contribution >= 0.6 is 0 Å². The Morgan fingerprint density at radius 1 is 0.690 bits per heavy atom. The zero-order valence-corrected chi connectivity index (χ0v) is 17.6. The molecule has 0 atom stereocenters. The van der Waals surface area contributed by atoms with Crippen LogP contribution in [0.15, 0.2) is 84.9 Å². The number of hydrogen-bond donors (Lipinski definition) is 0. The van der Waals surface area contributed by atoms with E-state index in [9.17, 15) is 0 Å². The third-order valence-corrected chi connectivity index (χ3v) is 5.68. The number of hydrogen-bond acceptors (Lipinski definition) is 1. The number of rotatable bonds is 10. The fourth-order valence-corrected chi connectivity index (χ4v) is 3.60. The Hall–Kier alpha value is -2.84. The first-order chi connectivity index (χ1) is 14.2. The Kier molecular flexibility index (Phi) is 7.66. The van der Waals surface area contributed by atoms with Crippen molar-refractivity contribution in [3.05, 3.63) is 102 Å². The molecule has 3 rings (SSSR count). The van der Waals surface area contributed by atoms with Crippen LogP contribution in [0.4, 0.5) is 0 Å². The monoisotopic (exact) mass is 386 g/mol. The molecular formula is C27H32NO+. The zero-order valence-electron chi connectivity index (χ0n) is 17.6. The van der Waals surface area contributed by atoms with E-state index in [4.69, 9.17) is 4.74 Å². The minimum Gasteiger partial charge on any atom is -0.488 e. The van der Waals surface area contributed by atoms with Crippen molar-refractivity contribution in [1.82, 2.24) is 0 Å². The highest BCUT2D eigenvalue weighted by Gasteiger charge is 2.23. The predicted molar refractivity (Wildman–Crippen MR) is 124 cm³/mol. The van der Waals surface area contributed by atoms with Crippen LogP contribution in [0, 0.1) is 0 Å². The fraction of sp³-hybridized carbons (Fsp3) is 0.259. The Balaban J connectivity index is 1.54. The van der Waals surface area contributed by atoms with Gasteiger partial charge in [0.1, 0.15) is 25.4 Å². The van der Waals surface area contributed by atoms with Crippen LogP contribution < -0.4 is 4.74 Å². The smallest absolute Gasteiger partial charge is 0.137 e. The maximum atomic E-state index is 6.08.